The van der Waals surface area contributed by atoms with Crippen LogP contribution in [0.5, 0.6) is 0 Å². The van der Waals surface area contributed by atoms with Gasteiger partial charge in [-0.1, -0.05) is 13.8 Å². The van der Waals surface area contributed by atoms with E-state index in [1.54, 1.807) is 0 Å². The Morgan fingerprint density at radius 3 is 2.67 bits per heavy atom. The molecule has 0 spiro atoms. The Bertz CT molecular complexity index is 59.0. The van der Waals surface area contributed by atoms with Gasteiger partial charge in [0, 0.05) is 6.61 Å². The first kappa shape index (κ1) is 9.78. The lowest BCUT2D eigenvalue weighted by atomic mass is 10.1. The average molecular weight is 165 g/mol. The molecule has 0 saturated heterocycles. The second-order valence-electron chi connectivity index (χ2n) is 2.55. The molecule has 0 saturated carbocycles. The Morgan fingerprint density at radius 2 is 2.22 bits per heavy atom. The van der Waals surface area contributed by atoms with Crippen molar-refractivity contribution in [1.82, 2.24) is 0 Å². The molecule has 54 valence electrons. The fraction of sp³-hybridized carbons (Fsp3) is 1.00. The Morgan fingerprint density at radius 1 is 1.56 bits per heavy atom. The summed E-state index contributed by atoms with van der Waals surface area (Å²) < 4.78 is 5.09. The first-order valence-electron chi connectivity index (χ1n) is 3.41. The van der Waals surface area contributed by atoms with Crippen LogP contribution in [-0.2, 0) is 3.79 Å². The summed E-state index contributed by atoms with van der Waals surface area (Å²) in [6, 6.07) is 0. The van der Waals surface area contributed by atoms with Crippen molar-refractivity contribution in [2.75, 3.05) is 6.61 Å². The van der Waals surface area contributed by atoms with E-state index in [1.807, 2.05) is 0 Å². The second kappa shape index (κ2) is 6.90. The molecule has 3 heteroatoms. The molecule has 0 N–H and O–H groups in total. The summed E-state index contributed by atoms with van der Waals surface area (Å²) in [4.78, 5) is 0. The van der Waals surface area contributed by atoms with E-state index < -0.39 is 14.6 Å². The van der Waals surface area contributed by atoms with Gasteiger partial charge in [0.25, 0.3) is 0 Å². The van der Waals surface area contributed by atoms with Crippen LogP contribution >= 0.6 is 10.0 Å². The maximum absolute atomic E-state index is 5.43. The minimum absolute atomic E-state index is 0.659. The Labute approximate surface area is 68.0 Å². The maximum Gasteiger partial charge on any atom is 0.566 e. The quantitative estimate of drug-likeness (QED) is 0.446. The van der Waals surface area contributed by atoms with Crippen molar-refractivity contribution in [3.63, 3.8) is 0 Å². The summed E-state index contributed by atoms with van der Waals surface area (Å²) in [6.07, 6.45) is 2.42. The third-order valence-electron chi connectivity index (χ3n) is 1.15. The molecule has 0 aliphatic rings. The van der Waals surface area contributed by atoms with Gasteiger partial charge in [0.15, 0.2) is 0 Å². The molecule has 0 aromatic heterocycles. The van der Waals surface area contributed by atoms with Gasteiger partial charge in [0.2, 0.25) is 0 Å². The van der Waals surface area contributed by atoms with Gasteiger partial charge in [-0.25, -0.2) is 10.0 Å². The molecule has 0 aliphatic carbocycles. The van der Waals surface area contributed by atoms with Crippen LogP contribution in [0.2, 0.25) is 0 Å². The van der Waals surface area contributed by atoms with Gasteiger partial charge < -0.3 is 3.79 Å². The SMILES string of the molecule is CC(C)CCC[O][AlH][Cl]. The zero-order chi connectivity index (χ0) is 7.11. The zero-order valence-corrected chi connectivity index (χ0v) is 8.36. The van der Waals surface area contributed by atoms with Crippen LogP contribution in [0.1, 0.15) is 26.7 Å². The fourth-order valence-corrected chi connectivity index (χ4v) is 1.29. The van der Waals surface area contributed by atoms with E-state index in [2.05, 4.69) is 13.8 Å². The molecule has 0 atom stereocenters. The van der Waals surface area contributed by atoms with Crippen molar-refractivity contribution >= 4 is 24.7 Å². The smallest absolute Gasteiger partial charge is 0.492 e. The van der Waals surface area contributed by atoms with E-state index >= 15 is 0 Å². The molecule has 0 amide bonds. The van der Waals surface area contributed by atoms with Gasteiger partial charge in [0.05, 0.1) is 0 Å². The van der Waals surface area contributed by atoms with Gasteiger partial charge in [-0.05, 0) is 18.8 Å². The Hall–Kier alpha value is 0.782. The molecule has 0 aliphatic heterocycles. The summed E-state index contributed by atoms with van der Waals surface area (Å²) >= 11 is -0.659. The third-order valence-corrected chi connectivity index (χ3v) is 2.05. The molecule has 0 rings (SSSR count). The summed E-state index contributed by atoms with van der Waals surface area (Å²) in [5.41, 5.74) is 0. The van der Waals surface area contributed by atoms with E-state index in [-0.39, 0.29) is 0 Å². The average Bonchev–Trinajstić information content (AvgIpc) is 1.80. The topological polar surface area (TPSA) is 9.23 Å². The molecule has 0 aromatic carbocycles. The van der Waals surface area contributed by atoms with E-state index in [1.165, 1.54) is 6.42 Å². The maximum atomic E-state index is 5.43. The molecule has 0 bridgehead atoms. The first-order chi connectivity index (χ1) is 4.27. The van der Waals surface area contributed by atoms with Crippen LogP contribution in [-0.4, -0.2) is 21.2 Å². The minimum Gasteiger partial charge on any atom is -0.492 e. The number of halogens is 1. The van der Waals surface area contributed by atoms with Crippen LogP contribution in [0.3, 0.4) is 0 Å². The molecular formula is C6H14AlClO. The van der Waals surface area contributed by atoms with Crippen LogP contribution in [0.15, 0.2) is 0 Å². The molecule has 0 aromatic rings. The van der Waals surface area contributed by atoms with Crippen LogP contribution in [0.4, 0.5) is 0 Å². The van der Waals surface area contributed by atoms with Crippen molar-refractivity contribution in [2.45, 2.75) is 26.7 Å². The highest BCUT2D eigenvalue weighted by Crippen LogP contribution is 2.02. The molecular weight excluding hydrogens is 150 g/mol. The van der Waals surface area contributed by atoms with Crippen molar-refractivity contribution < 1.29 is 3.79 Å². The van der Waals surface area contributed by atoms with Gasteiger partial charge in [-0.15, -0.1) is 0 Å². The van der Waals surface area contributed by atoms with Crippen molar-refractivity contribution in [1.29, 1.82) is 0 Å². The minimum atomic E-state index is -0.659. The van der Waals surface area contributed by atoms with E-state index in [4.69, 9.17) is 13.8 Å². The summed E-state index contributed by atoms with van der Waals surface area (Å²) in [7, 11) is 5.43. The second-order valence-corrected chi connectivity index (χ2v) is 3.83. The number of hydrogen-bond donors (Lipinski definition) is 0. The normalized spacial score (nSPS) is 10.2. The monoisotopic (exact) mass is 164 g/mol. The lowest BCUT2D eigenvalue weighted by Crippen LogP contribution is -1.96. The molecule has 0 radical (unpaired) electrons. The molecule has 0 heterocycles. The lowest BCUT2D eigenvalue weighted by molar-refractivity contribution is 0.320. The van der Waals surface area contributed by atoms with Gasteiger partial charge in [-0.2, -0.15) is 0 Å². The van der Waals surface area contributed by atoms with Gasteiger partial charge in [0.1, 0.15) is 0 Å². The summed E-state index contributed by atoms with van der Waals surface area (Å²) in [5, 5.41) is 0. The summed E-state index contributed by atoms with van der Waals surface area (Å²) in [6.45, 7) is 5.31. The molecule has 9 heavy (non-hydrogen) atoms. The number of rotatable bonds is 5. The molecule has 1 nitrogen and oxygen atoms in total. The highest BCUT2D eigenvalue weighted by Gasteiger charge is 1.93. The van der Waals surface area contributed by atoms with Crippen LogP contribution < -0.4 is 0 Å². The van der Waals surface area contributed by atoms with Crippen LogP contribution in [0, 0.1) is 5.92 Å². The van der Waals surface area contributed by atoms with Gasteiger partial charge >= 0.3 is 14.6 Å². The largest absolute Gasteiger partial charge is 0.566 e. The highest BCUT2D eigenvalue weighted by molar-refractivity contribution is 6.89. The first-order valence-corrected chi connectivity index (χ1v) is 6.12. The Balaban J connectivity index is 2.75. The van der Waals surface area contributed by atoms with Crippen LogP contribution in [0.25, 0.3) is 0 Å². The fourth-order valence-electron chi connectivity index (χ4n) is 0.648. The Kier molecular flexibility index (Phi) is 7.50. The van der Waals surface area contributed by atoms with Gasteiger partial charge in [-0.3, -0.25) is 0 Å². The lowest BCUT2D eigenvalue weighted by Gasteiger charge is -2.02. The van der Waals surface area contributed by atoms with Crippen molar-refractivity contribution in [3.8, 4) is 0 Å². The predicted octanol–water partition coefficient (Wildman–Crippen LogP) is 1.94. The standard InChI is InChI=1S/C6H13O.Al.ClH.H/c1-6(2)4-3-5-7;;;/h6H,3-5H2,1-2H3;;1H;/q-1;+2;;/p-1. The summed E-state index contributed by atoms with van der Waals surface area (Å²) in [5.74, 6) is 0.797. The number of hydrogen-bond acceptors (Lipinski definition) is 1. The molecule has 0 unspecified atom stereocenters. The van der Waals surface area contributed by atoms with E-state index in [9.17, 15) is 0 Å². The predicted molar refractivity (Wildman–Crippen MR) is 43.0 cm³/mol. The zero-order valence-electron chi connectivity index (χ0n) is 6.19. The third kappa shape index (κ3) is 8.78. The van der Waals surface area contributed by atoms with E-state index in [0.717, 1.165) is 18.9 Å². The van der Waals surface area contributed by atoms with Crippen molar-refractivity contribution in [3.05, 3.63) is 0 Å². The van der Waals surface area contributed by atoms with E-state index in [0.29, 0.717) is 0 Å². The van der Waals surface area contributed by atoms with Crippen molar-refractivity contribution in [2.24, 2.45) is 5.92 Å². The highest BCUT2D eigenvalue weighted by atomic mass is 35.6. The molecule has 0 fully saturated rings.